The second-order valence-corrected chi connectivity index (χ2v) is 5.29. The van der Waals surface area contributed by atoms with Crippen molar-refractivity contribution < 1.29 is 4.74 Å². The lowest BCUT2D eigenvalue weighted by Crippen LogP contribution is -2.55. The van der Waals surface area contributed by atoms with Gasteiger partial charge in [0.15, 0.2) is 0 Å². The van der Waals surface area contributed by atoms with Crippen LogP contribution in [0.25, 0.3) is 0 Å². The van der Waals surface area contributed by atoms with Gasteiger partial charge in [-0.15, -0.1) is 0 Å². The van der Waals surface area contributed by atoms with E-state index in [1.165, 1.54) is 38.8 Å². The molecule has 0 aromatic rings. The van der Waals surface area contributed by atoms with Crippen LogP contribution in [0.2, 0.25) is 0 Å². The second kappa shape index (κ2) is 5.99. The first-order valence-electron chi connectivity index (χ1n) is 6.88. The van der Waals surface area contributed by atoms with Crippen molar-refractivity contribution in [2.75, 3.05) is 26.2 Å². The van der Waals surface area contributed by atoms with Gasteiger partial charge in [-0.2, -0.15) is 0 Å². The lowest BCUT2D eigenvalue weighted by atomic mass is 10.00. The average Bonchev–Trinajstić information content (AvgIpc) is 2.30. The summed E-state index contributed by atoms with van der Waals surface area (Å²) in [5.41, 5.74) is 0. The molecule has 0 bridgehead atoms. The van der Waals surface area contributed by atoms with Gasteiger partial charge in [-0.1, -0.05) is 13.3 Å². The molecule has 2 heterocycles. The van der Waals surface area contributed by atoms with E-state index < -0.39 is 0 Å². The number of nitrogens with zero attached hydrogens (tertiary/aromatic N) is 1. The summed E-state index contributed by atoms with van der Waals surface area (Å²) in [5, 5.41) is 3.63. The Morgan fingerprint density at radius 1 is 1.44 bits per heavy atom. The smallest absolute Gasteiger partial charge is 0.0561 e. The quantitative estimate of drug-likeness (QED) is 0.791. The summed E-state index contributed by atoms with van der Waals surface area (Å²) in [6.07, 6.45) is 5.51. The van der Waals surface area contributed by atoms with Gasteiger partial charge in [-0.25, -0.2) is 0 Å². The molecule has 0 amide bonds. The van der Waals surface area contributed by atoms with Crippen LogP contribution in [0.1, 0.15) is 39.5 Å². The SMILES string of the molecule is CCCC1CN(C2CCOC(C)C2)CCN1. The molecule has 2 saturated heterocycles. The van der Waals surface area contributed by atoms with Crippen molar-refractivity contribution >= 4 is 0 Å². The third-order valence-electron chi connectivity index (χ3n) is 3.90. The summed E-state index contributed by atoms with van der Waals surface area (Å²) >= 11 is 0. The van der Waals surface area contributed by atoms with E-state index in [1.54, 1.807) is 0 Å². The maximum atomic E-state index is 5.63. The number of hydrogen-bond acceptors (Lipinski definition) is 3. The molecule has 3 heteroatoms. The number of nitrogens with one attached hydrogen (secondary N) is 1. The number of ether oxygens (including phenoxy) is 1. The lowest BCUT2D eigenvalue weighted by Gasteiger charge is -2.41. The zero-order valence-corrected chi connectivity index (χ0v) is 10.7. The standard InChI is InChI=1S/C13H26N2O/c1-3-4-12-10-15(7-6-14-12)13-5-8-16-11(2)9-13/h11-14H,3-10H2,1-2H3. The van der Waals surface area contributed by atoms with E-state index in [0.717, 1.165) is 25.2 Å². The van der Waals surface area contributed by atoms with Crippen molar-refractivity contribution in [3.63, 3.8) is 0 Å². The highest BCUT2D eigenvalue weighted by Gasteiger charge is 2.28. The van der Waals surface area contributed by atoms with Crippen molar-refractivity contribution in [2.45, 2.75) is 57.7 Å². The normalized spacial score (nSPS) is 37.5. The van der Waals surface area contributed by atoms with Crippen molar-refractivity contribution in [3.8, 4) is 0 Å². The molecule has 0 radical (unpaired) electrons. The fourth-order valence-electron chi connectivity index (χ4n) is 3.03. The predicted molar refractivity (Wildman–Crippen MR) is 66.7 cm³/mol. The van der Waals surface area contributed by atoms with Gasteiger partial charge in [-0.05, 0) is 26.2 Å². The van der Waals surface area contributed by atoms with Gasteiger partial charge < -0.3 is 10.1 Å². The van der Waals surface area contributed by atoms with Crippen molar-refractivity contribution in [1.29, 1.82) is 0 Å². The highest BCUT2D eigenvalue weighted by Crippen LogP contribution is 2.20. The first kappa shape index (κ1) is 12.3. The van der Waals surface area contributed by atoms with Crippen LogP contribution in [0, 0.1) is 0 Å². The van der Waals surface area contributed by atoms with Crippen LogP contribution in [0.5, 0.6) is 0 Å². The van der Waals surface area contributed by atoms with Crippen molar-refractivity contribution in [3.05, 3.63) is 0 Å². The minimum absolute atomic E-state index is 0.457. The van der Waals surface area contributed by atoms with Gasteiger partial charge in [0.25, 0.3) is 0 Å². The Balaban J connectivity index is 1.83. The van der Waals surface area contributed by atoms with Crippen LogP contribution < -0.4 is 5.32 Å². The summed E-state index contributed by atoms with van der Waals surface area (Å²) in [6.45, 7) is 9.06. The summed E-state index contributed by atoms with van der Waals surface area (Å²) in [4.78, 5) is 2.69. The molecule has 3 nitrogen and oxygen atoms in total. The second-order valence-electron chi connectivity index (χ2n) is 5.29. The summed E-state index contributed by atoms with van der Waals surface area (Å²) in [7, 11) is 0. The van der Waals surface area contributed by atoms with Crippen LogP contribution >= 0.6 is 0 Å². The molecule has 0 saturated carbocycles. The molecule has 1 N–H and O–H groups in total. The highest BCUT2D eigenvalue weighted by atomic mass is 16.5. The topological polar surface area (TPSA) is 24.5 Å². The summed E-state index contributed by atoms with van der Waals surface area (Å²) < 4.78 is 5.63. The van der Waals surface area contributed by atoms with Crippen LogP contribution in [-0.2, 0) is 4.74 Å². The maximum Gasteiger partial charge on any atom is 0.0561 e. The third kappa shape index (κ3) is 3.19. The summed E-state index contributed by atoms with van der Waals surface area (Å²) in [6, 6.07) is 1.49. The molecule has 0 aromatic heterocycles. The molecule has 3 atom stereocenters. The molecule has 2 rings (SSSR count). The molecule has 2 fully saturated rings. The molecule has 0 spiro atoms. The van der Waals surface area contributed by atoms with Crippen LogP contribution in [0.3, 0.4) is 0 Å². The van der Waals surface area contributed by atoms with Crippen LogP contribution in [-0.4, -0.2) is 49.3 Å². The van der Waals surface area contributed by atoms with E-state index in [0.29, 0.717) is 6.10 Å². The Labute approximate surface area is 99.5 Å². The molecular weight excluding hydrogens is 200 g/mol. The van der Waals surface area contributed by atoms with Gasteiger partial charge in [-0.3, -0.25) is 4.90 Å². The average molecular weight is 226 g/mol. The molecule has 16 heavy (non-hydrogen) atoms. The van der Waals surface area contributed by atoms with Crippen molar-refractivity contribution in [2.24, 2.45) is 0 Å². The Morgan fingerprint density at radius 3 is 3.06 bits per heavy atom. The lowest BCUT2D eigenvalue weighted by molar-refractivity contribution is -0.0236. The van der Waals surface area contributed by atoms with Gasteiger partial charge in [0.1, 0.15) is 0 Å². The molecule has 0 aliphatic carbocycles. The van der Waals surface area contributed by atoms with Gasteiger partial charge in [0.2, 0.25) is 0 Å². The van der Waals surface area contributed by atoms with Crippen molar-refractivity contribution in [1.82, 2.24) is 10.2 Å². The molecule has 3 unspecified atom stereocenters. The van der Waals surface area contributed by atoms with E-state index in [-0.39, 0.29) is 0 Å². The fourth-order valence-corrected chi connectivity index (χ4v) is 3.03. The van der Waals surface area contributed by atoms with E-state index in [1.807, 2.05) is 0 Å². The minimum Gasteiger partial charge on any atom is -0.378 e. The molecular formula is C13H26N2O. The third-order valence-corrected chi connectivity index (χ3v) is 3.90. The molecule has 2 aliphatic rings. The van der Waals surface area contributed by atoms with E-state index >= 15 is 0 Å². The molecule has 2 aliphatic heterocycles. The number of piperazine rings is 1. The zero-order valence-electron chi connectivity index (χ0n) is 10.7. The van der Waals surface area contributed by atoms with Crippen LogP contribution in [0.4, 0.5) is 0 Å². The van der Waals surface area contributed by atoms with E-state index in [2.05, 4.69) is 24.1 Å². The van der Waals surface area contributed by atoms with E-state index in [4.69, 9.17) is 4.74 Å². The minimum atomic E-state index is 0.457. The number of hydrogen-bond donors (Lipinski definition) is 1. The largest absolute Gasteiger partial charge is 0.378 e. The fraction of sp³-hybridized carbons (Fsp3) is 1.00. The maximum absolute atomic E-state index is 5.63. The summed E-state index contributed by atoms with van der Waals surface area (Å²) in [5.74, 6) is 0. The first-order chi connectivity index (χ1) is 7.79. The first-order valence-corrected chi connectivity index (χ1v) is 6.88. The predicted octanol–water partition coefficient (Wildman–Crippen LogP) is 1.63. The van der Waals surface area contributed by atoms with Gasteiger partial charge >= 0.3 is 0 Å². The Bertz CT molecular complexity index is 208. The zero-order chi connectivity index (χ0) is 11.4. The van der Waals surface area contributed by atoms with Gasteiger partial charge in [0.05, 0.1) is 6.10 Å². The Hall–Kier alpha value is -0.120. The van der Waals surface area contributed by atoms with Crippen LogP contribution in [0.15, 0.2) is 0 Å². The molecule has 94 valence electrons. The Kier molecular flexibility index (Phi) is 4.62. The monoisotopic (exact) mass is 226 g/mol. The highest BCUT2D eigenvalue weighted by molar-refractivity contribution is 4.85. The Morgan fingerprint density at radius 2 is 2.31 bits per heavy atom. The molecule has 0 aromatic carbocycles. The van der Waals surface area contributed by atoms with E-state index in [9.17, 15) is 0 Å². The van der Waals surface area contributed by atoms with Gasteiger partial charge in [0, 0.05) is 38.3 Å². The number of rotatable bonds is 3.